The van der Waals surface area contributed by atoms with Crippen molar-refractivity contribution < 1.29 is 0 Å². The van der Waals surface area contributed by atoms with Crippen molar-refractivity contribution in [1.82, 2.24) is 0 Å². The van der Waals surface area contributed by atoms with Gasteiger partial charge in [-0.2, -0.15) is 0 Å². The summed E-state index contributed by atoms with van der Waals surface area (Å²) in [5.74, 6) is 0. The molecule has 0 amide bonds. The highest BCUT2D eigenvalue weighted by Crippen LogP contribution is 2.37. The van der Waals surface area contributed by atoms with Crippen molar-refractivity contribution >= 4 is 44.2 Å². The van der Waals surface area contributed by atoms with Crippen LogP contribution in [0, 0.1) is 27.7 Å². The molecular formula is C26H22S2. The van der Waals surface area contributed by atoms with Crippen molar-refractivity contribution in [3.63, 3.8) is 0 Å². The van der Waals surface area contributed by atoms with Gasteiger partial charge in [-0.25, -0.2) is 0 Å². The molecule has 0 saturated heterocycles. The van der Waals surface area contributed by atoms with Gasteiger partial charge in [0.1, 0.15) is 0 Å². The van der Waals surface area contributed by atoms with Crippen molar-refractivity contribution in [2.24, 2.45) is 0 Å². The number of thiophene rings is 2. The maximum absolute atomic E-state index is 2.36. The van der Waals surface area contributed by atoms with E-state index in [0.717, 1.165) is 0 Å². The number of hydrogen-bond acceptors (Lipinski definition) is 2. The maximum Gasteiger partial charge on any atom is 0.0348 e. The Labute approximate surface area is 174 Å². The quantitative estimate of drug-likeness (QED) is 0.261. The van der Waals surface area contributed by atoms with Gasteiger partial charge in [-0.3, -0.25) is 0 Å². The molecule has 0 aliphatic heterocycles. The number of benzene rings is 3. The van der Waals surface area contributed by atoms with E-state index in [9.17, 15) is 0 Å². The number of aryl methyl sites for hydroxylation is 4. The van der Waals surface area contributed by atoms with Crippen LogP contribution >= 0.6 is 22.7 Å². The van der Waals surface area contributed by atoms with Crippen molar-refractivity contribution in [3.05, 3.63) is 81.5 Å². The van der Waals surface area contributed by atoms with Crippen LogP contribution in [0.3, 0.4) is 0 Å². The van der Waals surface area contributed by atoms with E-state index in [1.807, 2.05) is 22.7 Å². The fraction of sp³-hybridized carbons (Fsp3) is 0.154. The Kier molecular flexibility index (Phi) is 4.15. The molecule has 2 heterocycles. The zero-order valence-corrected chi connectivity index (χ0v) is 18.2. The molecule has 0 aliphatic rings. The molecule has 28 heavy (non-hydrogen) atoms. The Balaban J connectivity index is 1.71. The topological polar surface area (TPSA) is 0 Å². The zero-order chi connectivity index (χ0) is 19.4. The standard InChI is InChI=1S/C26H22S2/c1-15-9-19-11-22-14-24(26-8-6-18(4)28-26)16(2)10-20(22)12-21(19)13-23(15)25-7-5-17(3)27-25/h5-14H,1-4H3. The van der Waals surface area contributed by atoms with Crippen LogP contribution in [0.1, 0.15) is 20.9 Å². The molecule has 0 radical (unpaired) electrons. The molecule has 5 aromatic rings. The minimum Gasteiger partial charge on any atom is -0.141 e. The van der Waals surface area contributed by atoms with Crippen LogP contribution in [0.15, 0.2) is 60.7 Å². The SMILES string of the molecule is Cc1ccc(-c2cc3cc4cc(C)c(-c5ccc(C)s5)cc4cc3cc2C)s1. The molecule has 5 rings (SSSR count). The van der Waals surface area contributed by atoms with Crippen LogP contribution in [-0.4, -0.2) is 0 Å². The summed E-state index contributed by atoms with van der Waals surface area (Å²) in [7, 11) is 0. The first-order valence-electron chi connectivity index (χ1n) is 9.60. The second kappa shape index (κ2) is 6.58. The van der Waals surface area contributed by atoms with Crippen LogP contribution in [0.5, 0.6) is 0 Å². The third-order valence-corrected chi connectivity index (χ3v) is 7.56. The van der Waals surface area contributed by atoms with Gasteiger partial charge in [0.2, 0.25) is 0 Å². The Morgan fingerprint density at radius 3 is 1.21 bits per heavy atom. The second-order valence-corrected chi connectivity index (χ2v) is 10.3. The average Bonchev–Trinajstić information content (AvgIpc) is 3.27. The van der Waals surface area contributed by atoms with Gasteiger partial charge in [0.15, 0.2) is 0 Å². The van der Waals surface area contributed by atoms with E-state index < -0.39 is 0 Å². The highest BCUT2D eigenvalue weighted by atomic mass is 32.1. The van der Waals surface area contributed by atoms with Gasteiger partial charge in [-0.15, -0.1) is 22.7 Å². The summed E-state index contributed by atoms with van der Waals surface area (Å²) in [4.78, 5) is 5.44. The van der Waals surface area contributed by atoms with Crippen LogP contribution in [0.2, 0.25) is 0 Å². The minimum absolute atomic E-state index is 1.32. The number of fused-ring (bicyclic) bond motifs is 2. The lowest BCUT2D eigenvalue weighted by Crippen LogP contribution is -1.86. The predicted octanol–water partition coefficient (Wildman–Crippen LogP) is 8.68. The van der Waals surface area contributed by atoms with Gasteiger partial charge in [-0.05, 0) is 120 Å². The van der Waals surface area contributed by atoms with E-state index in [0.29, 0.717) is 0 Å². The van der Waals surface area contributed by atoms with Crippen molar-refractivity contribution in [2.75, 3.05) is 0 Å². The third kappa shape index (κ3) is 2.97. The van der Waals surface area contributed by atoms with Crippen molar-refractivity contribution in [2.45, 2.75) is 27.7 Å². The number of rotatable bonds is 2. The summed E-state index contributed by atoms with van der Waals surface area (Å²) in [6, 6.07) is 23.0. The fourth-order valence-electron chi connectivity index (χ4n) is 4.02. The minimum atomic E-state index is 1.32. The highest BCUT2D eigenvalue weighted by molar-refractivity contribution is 7.15. The molecule has 0 N–H and O–H groups in total. The molecule has 0 bridgehead atoms. The summed E-state index contributed by atoms with van der Waals surface area (Å²) in [5.41, 5.74) is 5.39. The third-order valence-electron chi connectivity index (χ3n) is 5.49. The van der Waals surface area contributed by atoms with E-state index in [1.54, 1.807) is 0 Å². The van der Waals surface area contributed by atoms with Gasteiger partial charge < -0.3 is 0 Å². The molecule has 2 heteroatoms. The first-order valence-corrected chi connectivity index (χ1v) is 11.2. The molecule has 0 atom stereocenters. The van der Waals surface area contributed by atoms with Gasteiger partial charge in [0.25, 0.3) is 0 Å². The lowest BCUT2D eigenvalue weighted by molar-refractivity contribution is 1.50. The first kappa shape index (κ1) is 17.7. The average molecular weight is 399 g/mol. The monoisotopic (exact) mass is 398 g/mol. The molecular weight excluding hydrogens is 376 g/mol. The van der Waals surface area contributed by atoms with E-state index in [4.69, 9.17) is 0 Å². The summed E-state index contributed by atoms with van der Waals surface area (Å²) < 4.78 is 0. The normalized spacial score (nSPS) is 11.6. The smallest absolute Gasteiger partial charge is 0.0348 e. The Bertz CT molecular complexity index is 1240. The van der Waals surface area contributed by atoms with Crippen LogP contribution < -0.4 is 0 Å². The van der Waals surface area contributed by atoms with Gasteiger partial charge >= 0.3 is 0 Å². The summed E-state index contributed by atoms with van der Waals surface area (Å²) in [6.07, 6.45) is 0. The first-order chi connectivity index (χ1) is 13.5. The highest BCUT2D eigenvalue weighted by Gasteiger charge is 2.10. The van der Waals surface area contributed by atoms with Crippen molar-refractivity contribution in [1.29, 1.82) is 0 Å². The van der Waals surface area contributed by atoms with Crippen LogP contribution in [-0.2, 0) is 0 Å². The second-order valence-electron chi connectivity index (χ2n) is 7.70. The lowest BCUT2D eigenvalue weighted by atomic mass is 9.95. The molecule has 2 aromatic heterocycles. The molecule has 0 aliphatic carbocycles. The van der Waals surface area contributed by atoms with E-state index in [-0.39, 0.29) is 0 Å². The fourth-order valence-corrected chi connectivity index (χ4v) is 5.92. The Morgan fingerprint density at radius 1 is 0.464 bits per heavy atom. The Hall–Kier alpha value is -2.42. The summed E-state index contributed by atoms with van der Waals surface area (Å²) in [5, 5.41) is 5.27. The number of hydrogen-bond donors (Lipinski definition) is 0. The molecule has 138 valence electrons. The largest absolute Gasteiger partial charge is 0.141 e. The van der Waals surface area contributed by atoms with E-state index >= 15 is 0 Å². The molecule has 0 spiro atoms. The molecule has 0 fully saturated rings. The lowest BCUT2D eigenvalue weighted by Gasteiger charge is -2.11. The molecule has 3 aromatic carbocycles. The van der Waals surface area contributed by atoms with E-state index in [1.165, 1.54) is 63.3 Å². The zero-order valence-electron chi connectivity index (χ0n) is 16.6. The molecule has 0 nitrogen and oxygen atoms in total. The molecule has 0 unspecified atom stereocenters. The van der Waals surface area contributed by atoms with E-state index in [2.05, 4.69) is 88.4 Å². The van der Waals surface area contributed by atoms with Gasteiger partial charge in [0, 0.05) is 19.5 Å². The van der Waals surface area contributed by atoms with Gasteiger partial charge in [-0.1, -0.05) is 12.1 Å². The molecule has 0 saturated carbocycles. The predicted molar refractivity (Wildman–Crippen MR) is 127 cm³/mol. The Morgan fingerprint density at radius 2 is 0.857 bits per heavy atom. The van der Waals surface area contributed by atoms with Crippen molar-refractivity contribution in [3.8, 4) is 20.9 Å². The summed E-state index contributed by atoms with van der Waals surface area (Å²) in [6.45, 7) is 8.80. The maximum atomic E-state index is 2.36. The van der Waals surface area contributed by atoms with Crippen LogP contribution in [0.4, 0.5) is 0 Å². The van der Waals surface area contributed by atoms with Gasteiger partial charge in [0.05, 0.1) is 0 Å². The summed E-state index contributed by atoms with van der Waals surface area (Å²) >= 11 is 3.74. The van der Waals surface area contributed by atoms with Crippen LogP contribution in [0.25, 0.3) is 42.4 Å².